The SMILES string of the molecule is CCC(C)CN(C)C(CN)c1ccc(F)cc1. The van der Waals surface area contributed by atoms with Crippen molar-refractivity contribution in [2.75, 3.05) is 20.1 Å². The van der Waals surface area contributed by atoms with E-state index >= 15 is 0 Å². The number of nitrogens with zero attached hydrogens (tertiary/aromatic N) is 1. The first-order valence-corrected chi connectivity index (χ1v) is 6.24. The highest BCUT2D eigenvalue weighted by Gasteiger charge is 2.16. The number of halogens is 1. The highest BCUT2D eigenvalue weighted by Crippen LogP contribution is 2.20. The minimum atomic E-state index is -0.200. The number of rotatable bonds is 6. The molecule has 0 amide bonds. The molecule has 0 aliphatic heterocycles. The minimum Gasteiger partial charge on any atom is -0.329 e. The molecular formula is C14H23FN2. The molecule has 0 spiro atoms. The van der Waals surface area contributed by atoms with E-state index < -0.39 is 0 Å². The Balaban J connectivity index is 2.73. The monoisotopic (exact) mass is 238 g/mol. The number of likely N-dealkylation sites (N-methyl/N-ethyl adjacent to an activating group) is 1. The highest BCUT2D eigenvalue weighted by molar-refractivity contribution is 5.20. The molecule has 96 valence electrons. The maximum absolute atomic E-state index is 12.9. The summed E-state index contributed by atoms with van der Waals surface area (Å²) in [6.07, 6.45) is 1.16. The van der Waals surface area contributed by atoms with E-state index in [4.69, 9.17) is 5.73 Å². The van der Waals surface area contributed by atoms with E-state index in [1.165, 1.54) is 12.1 Å². The Hall–Kier alpha value is -0.930. The van der Waals surface area contributed by atoms with Crippen molar-refractivity contribution in [2.45, 2.75) is 26.3 Å². The Morgan fingerprint density at radius 1 is 1.29 bits per heavy atom. The first-order chi connectivity index (χ1) is 8.08. The minimum absolute atomic E-state index is 0.171. The van der Waals surface area contributed by atoms with Crippen molar-refractivity contribution in [3.05, 3.63) is 35.6 Å². The predicted molar refractivity (Wildman–Crippen MR) is 70.3 cm³/mol. The Bertz CT molecular complexity index is 323. The molecule has 0 saturated heterocycles. The summed E-state index contributed by atoms with van der Waals surface area (Å²) in [5, 5.41) is 0. The summed E-state index contributed by atoms with van der Waals surface area (Å²) < 4.78 is 12.9. The Labute approximate surface area is 104 Å². The average Bonchev–Trinajstić information content (AvgIpc) is 2.32. The van der Waals surface area contributed by atoms with E-state index in [-0.39, 0.29) is 11.9 Å². The van der Waals surface area contributed by atoms with Crippen molar-refractivity contribution in [3.63, 3.8) is 0 Å². The molecule has 2 atom stereocenters. The van der Waals surface area contributed by atoms with Crippen molar-refractivity contribution in [1.29, 1.82) is 0 Å². The van der Waals surface area contributed by atoms with Crippen LogP contribution in [0, 0.1) is 11.7 Å². The fourth-order valence-corrected chi connectivity index (χ4v) is 2.00. The summed E-state index contributed by atoms with van der Waals surface area (Å²) in [6, 6.07) is 6.80. The number of benzene rings is 1. The van der Waals surface area contributed by atoms with Crippen molar-refractivity contribution in [2.24, 2.45) is 11.7 Å². The average molecular weight is 238 g/mol. The molecule has 2 N–H and O–H groups in total. The van der Waals surface area contributed by atoms with Gasteiger partial charge in [0.15, 0.2) is 0 Å². The Kier molecular flexibility index (Phi) is 5.59. The Morgan fingerprint density at radius 2 is 1.88 bits per heavy atom. The smallest absolute Gasteiger partial charge is 0.123 e. The lowest BCUT2D eigenvalue weighted by Gasteiger charge is -2.29. The van der Waals surface area contributed by atoms with Gasteiger partial charge in [0, 0.05) is 19.1 Å². The van der Waals surface area contributed by atoms with E-state index in [0.717, 1.165) is 18.5 Å². The zero-order valence-corrected chi connectivity index (χ0v) is 11.0. The van der Waals surface area contributed by atoms with Gasteiger partial charge in [-0.3, -0.25) is 4.90 Å². The fraction of sp³-hybridized carbons (Fsp3) is 0.571. The molecular weight excluding hydrogens is 215 g/mol. The molecule has 2 nitrogen and oxygen atoms in total. The molecule has 1 aromatic rings. The fourth-order valence-electron chi connectivity index (χ4n) is 2.00. The van der Waals surface area contributed by atoms with Crippen LogP contribution in [0.25, 0.3) is 0 Å². The lowest BCUT2D eigenvalue weighted by molar-refractivity contribution is 0.215. The van der Waals surface area contributed by atoms with E-state index in [0.29, 0.717) is 12.5 Å². The van der Waals surface area contributed by atoms with Gasteiger partial charge in [-0.1, -0.05) is 32.4 Å². The number of nitrogens with two attached hydrogens (primary N) is 1. The van der Waals surface area contributed by atoms with Crippen LogP contribution in [-0.4, -0.2) is 25.0 Å². The summed E-state index contributed by atoms with van der Waals surface area (Å²) in [5.74, 6) is 0.448. The molecule has 0 aliphatic rings. The van der Waals surface area contributed by atoms with Gasteiger partial charge < -0.3 is 5.73 Å². The molecule has 3 heteroatoms. The molecule has 0 bridgehead atoms. The second kappa shape index (κ2) is 6.72. The van der Waals surface area contributed by atoms with Gasteiger partial charge in [0.05, 0.1) is 0 Å². The molecule has 0 saturated carbocycles. The summed E-state index contributed by atoms with van der Waals surface area (Å²) in [5.41, 5.74) is 6.91. The summed E-state index contributed by atoms with van der Waals surface area (Å²) in [6.45, 7) is 5.98. The van der Waals surface area contributed by atoms with Crippen LogP contribution in [0.3, 0.4) is 0 Å². The molecule has 1 rings (SSSR count). The summed E-state index contributed by atoms with van der Waals surface area (Å²) in [7, 11) is 2.08. The van der Waals surface area contributed by atoms with Crippen LogP contribution in [0.2, 0.25) is 0 Å². The van der Waals surface area contributed by atoms with Gasteiger partial charge in [0.25, 0.3) is 0 Å². The number of hydrogen-bond donors (Lipinski definition) is 1. The van der Waals surface area contributed by atoms with E-state index in [1.807, 2.05) is 12.1 Å². The molecule has 0 radical (unpaired) electrons. The molecule has 0 heterocycles. The zero-order chi connectivity index (χ0) is 12.8. The van der Waals surface area contributed by atoms with Crippen LogP contribution in [0.15, 0.2) is 24.3 Å². The number of hydrogen-bond acceptors (Lipinski definition) is 2. The van der Waals surface area contributed by atoms with Gasteiger partial charge in [-0.05, 0) is 30.7 Å². The normalized spacial score (nSPS) is 14.9. The molecule has 17 heavy (non-hydrogen) atoms. The van der Waals surface area contributed by atoms with E-state index in [9.17, 15) is 4.39 Å². The highest BCUT2D eigenvalue weighted by atomic mass is 19.1. The van der Waals surface area contributed by atoms with Gasteiger partial charge in [-0.15, -0.1) is 0 Å². The maximum Gasteiger partial charge on any atom is 0.123 e. The quantitative estimate of drug-likeness (QED) is 0.825. The van der Waals surface area contributed by atoms with Gasteiger partial charge in [0.2, 0.25) is 0 Å². The molecule has 1 aromatic carbocycles. The maximum atomic E-state index is 12.9. The largest absolute Gasteiger partial charge is 0.329 e. The first kappa shape index (κ1) is 14.1. The van der Waals surface area contributed by atoms with E-state index in [2.05, 4.69) is 25.8 Å². The van der Waals surface area contributed by atoms with Gasteiger partial charge in [-0.2, -0.15) is 0 Å². The standard InChI is InChI=1S/C14H23FN2/c1-4-11(2)10-17(3)14(9-16)12-5-7-13(15)8-6-12/h5-8,11,14H,4,9-10,16H2,1-3H3. The van der Waals surface area contributed by atoms with Gasteiger partial charge >= 0.3 is 0 Å². The zero-order valence-electron chi connectivity index (χ0n) is 11.0. The summed E-state index contributed by atoms with van der Waals surface area (Å²) >= 11 is 0. The van der Waals surface area contributed by atoms with Crippen LogP contribution < -0.4 is 5.73 Å². The molecule has 0 aliphatic carbocycles. The molecule has 2 unspecified atom stereocenters. The third kappa shape index (κ3) is 4.10. The predicted octanol–water partition coefficient (Wildman–Crippen LogP) is 2.80. The summed E-state index contributed by atoms with van der Waals surface area (Å²) in [4.78, 5) is 2.25. The van der Waals surface area contributed by atoms with Crippen molar-refractivity contribution < 1.29 is 4.39 Å². The third-order valence-electron chi connectivity index (χ3n) is 3.31. The van der Waals surface area contributed by atoms with Crippen LogP contribution in [0.4, 0.5) is 4.39 Å². The van der Waals surface area contributed by atoms with Gasteiger partial charge in [-0.25, -0.2) is 4.39 Å². The van der Waals surface area contributed by atoms with Gasteiger partial charge in [0.1, 0.15) is 5.82 Å². The molecule has 0 aromatic heterocycles. The van der Waals surface area contributed by atoms with Crippen LogP contribution in [0.5, 0.6) is 0 Å². The Morgan fingerprint density at radius 3 is 2.35 bits per heavy atom. The third-order valence-corrected chi connectivity index (χ3v) is 3.31. The topological polar surface area (TPSA) is 29.3 Å². The van der Waals surface area contributed by atoms with E-state index in [1.54, 1.807) is 0 Å². The first-order valence-electron chi connectivity index (χ1n) is 6.24. The van der Waals surface area contributed by atoms with Crippen LogP contribution in [-0.2, 0) is 0 Å². The van der Waals surface area contributed by atoms with Crippen molar-refractivity contribution >= 4 is 0 Å². The van der Waals surface area contributed by atoms with Crippen molar-refractivity contribution in [3.8, 4) is 0 Å². The molecule has 0 fully saturated rings. The second-order valence-electron chi connectivity index (χ2n) is 4.76. The van der Waals surface area contributed by atoms with Crippen LogP contribution in [0.1, 0.15) is 31.9 Å². The lowest BCUT2D eigenvalue weighted by Crippen LogP contribution is -2.33. The van der Waals surface area contributed by atoms with Crippen LogP contribution >= 0.6 is 0 Å². The lowest BCUT2D eigenvalue weighted by atomic mass is 10.0. The second-order valence-corrected chi connectivity index (χ2v) is 4.76. The van der Waals surface area contributed by atoms with Crippen molar-refractivity contribution in [1.82, 2.24) is 4.90 Å².